The second-order valence-electron chi connectivity index (χ2n) is 7.44. The number of hydrogen-bond donors (Lipinski definition) is 2. The highest BCUT2D eigenvalue weighted by Crippen LogP contribution is 2.29. The monoisotopic (exact) mass is 411 g/mol. The van der Waals surface area contributed by atoms with Gasteiger partial charge in [0.1, 0.15) is 5.52 Å². The number of benzene rings is 2. The number of amides is 1. The van der Waals surface area contributed by atoms with Gasteiger partial charge in [-0.15, -0.1) is 0 Å². The smallest absolute Gasteiger partial charge is 0.253 e. The quantitative estimate of drug-likeness (QED) is 0.461. The summed E-state index contributed by atoms with van der Waals surface area (Å²) >= 11 is 0. The molecule has 5 rings (SSSR count). The maximum atomic E-state index is 12.6. The van der Waals surface area contributed by atoms with Crippen LogP contribution in [0.3, 0.4) is 0 Å². The fraction of sp³-hybridized carbons (Fsp3) is 0.130. The van der Waals surface area contributed by atoms with Crippen LogP contribution in [0.1, 0.15) is 10.4 Å². The molecule has 0 aliphatic heterocycles. The molecule has 0 atom stereocenters. The maximum absolute atomic E-state index is 12.6. The molecule has 0 radical (unpaired) electrons. The van der Waals surface area contributed by atoms with Crippen LogP contribution in [0.25, 0.3) is 33.1 Å². The van der Waals surface area contributed by atoms with Gasteiger partial charge in [-0.1, -0.05) is 30.3 Å². The summed E-state index contributed by atoms with van der Waals surface area (Å²) in [7, 11) is 1.79. The number of nitrogens with zero attached hydrogens (tertiary/aromatic N) is 5. The van der Waals surface area contributed by atoms with Crippen LogP contribution in [0.15, 0.2) is 67.0 Å². The molecule has 0 fully saturated rings. The van der Waals surface area contributed by atoms with Crippen LogP contribution in [0.5, 0.6) is 0 Å². The standard InChI is InChI=1S/C23H21N7O/c1-29(23(31)15-5-3-2-4-6-15)11-12-30-14-18-17-8-7-16(19-9-10-25-27-19)13-20(17)26-22(24)21(18)28-30/h2-10,13-14H,11-12H2,1H3,(H2,24,26)(H,25,27). The number of carbonyl (C=O) groups is 1. The van der Waals surface area contributed by atoms with E-state index in [1.54, 1.807) is 18.1 Å². The number of rotatable bonds is 5. The van der Waals surface area contributed by atoms with E-state index in [0.29, 0.717) is 30.0 Å². The van der Waals surface area contributed by atoms with Crippen molar-refractivity contribution in [3.8, 4) is 11.3 Å². The normalized spacial score (nSPS) is 11.3. The molecule has 0 saturated heterocycles. The number of carbonyl (C=O) groups excluding carboxylic acids is 1. The number of nitrogens with one attached hydrogen (secondary N) is 1. The van der Waals surface area contributed by atoms with Crippen molar-refractivity contribution in [2.75, 3.05) is 19.3 Å². The topological polar surface area (TPSA) is 106 Å². The third-order valence-corrected chi connectivity index (χ3v) is 5.36. The molecule has 8 heteroatoms. The molecule has 3 heterocycles. The van der Waals surface area contributed by atoms with E-state index in [1.807, 2.05) is 65.5 Å². The van der Waals surface area contributed by atoms with Crippen molar-refractivity contribution in [2.24, 2.45) is 0 Å². The van der Waals surface area contributed by atoms with Gasteiger partial charge >= 0.3 is 0 Å². The number of likely N-dealkylation sites (N-methyl/N-ethyl adjacent to an activating group) is 1. The Kier molecular flexibility index (Phi) is 4.59. The fourth-order valence-electron chi connectivity index (χ4n) is 3.69. The molecule has 8 nitrogen and oxygen atoms in total. The number of nitrogens with two attached hydrogens (primary N) is 1. The predicted molar refractivity (Wildman–Crippen MR) is 120 cm³/mol. The van der Waals surface area contributed by atoms with Crippen LogP contribution in [0.4, 0.5) is 5.82 Å². The zero-order valence-corrected chi connectivity index (χ0v) is 17.0. The molecule has 5 aromatic rings. The van der Waals surface area contributed by atoms with Gasteiger partial charge in [0, 0.05) is 47.9 Å². The highest BCUT2D eigenvalue weighted by molar-refractivity contribution is 6.08. The van der Waals surface area contributed by atoms with Gasteiger partial charge in [0.15, 0.2) is 5.82 Å². The lowest BCUT2D eigenvalue weighted by molar-refractivity contribution is 0.0789. The molecule has 154 valence electrons. The van der Waals surface area contributed by atoms with Crippen LogP contribution in [-0.2, 0) is 6.54 Å². The summed E-state index contributed by atoms with van der Waals surface area (Å²) in [6.45, 7) is 1.08. The second kappa shape index (κ2) is 7.56. The number of anilines is 1. The molecule has 0 unspecified atom stereocenters. The Morgan fingerprint density at radius 1 is 1.13 bits per heavy atom. The van der Waals surface area contributed by atoms with Gasteiger partial charge in [0.25, 0.3) is 5.91 Å². The van der Waals surface area contributed by atoms with E-state index in [0.717, 1.165) is 27.5 Å². The first-order valence-corrected chi connectivity index (χ1v) is 9.97. The molecule has 2 aromatic carbocycles. The van der Waals surface area contributed by atoms with Crippen molar-refractivity contribution in [1.82, 2.24) is 29.9 Å². The molecule has 31 heavy (non-hydrogen) atoms. The minimum Gasteiger partial charge on any atom is -0.382 e. The summed E-state index contributed by atoms with van der Waals surface area (Å²) in [4.78, 5) is 18.8. The number of hydrogen-bond acceptors (Lipinski definition) is 5. The number of aromatic nitrogens is 5. The van der Waals surface area contributed by atoms with Crippen molar-refractivity contribution in [2.45, 2.75) is 6.54 Å². The molecule has 0 spiro atoms. The van der Waals surface area contributed by atoms with Gasteiger partial charge in [0.05, 0.1) is 17.8 Å². The number of nitrogen functional groups attached to an aromatic ring is 1. The zero-order chi connectivity index (χ0) is 21.4. The molecular weight excluding hydrogens is 390 g/mol. The highest BCUT2D eigenvalue weighted by atomic mass is 16.2. The molecular formula is C23H21N7O. The number of pyridine rings is 1. The number of fused-ring (bicyclic) bond motifs is 3. The SMILES string of the molecule is CN(CCn1cc2c(n1)c(N)nc1cc(-c3cc[nH]n3)ccc12)C(=O)c1ccccc1. The Morgan fingerprint density at radius 3 is 2.74 bits per heavy atom. The lowest BCUT2D eigenvalue weighted by Gasteiger charge is -2.17. The average Bonchev–Trinajstić information content (AvgIpc) is 3.48. The van der Waals surface area contributed by atoms with E-state index < -0.39 is 0 Å². The van der Waals surface area contributed by atoms with Crippen LogP contribution in [0.2, 0.25) is 0 Å². The van der Waals surface area contributed by atoms with Crippen LogP contribution in [-0.4, -0.2) is 49.4 Å². The summed E-state index contributed by atoms with van der Waals surface area (Å²) in [5.74, 6) is 0.365. The predicted octanol–water partition coefficient (Wildman–Crippen LogP) is 3.33. The van der Waals surface area contributed by atoms with E-state index in [1.165, 1.54) is 0 Å². The van der Waals surface area contributed by atoms with Crippen LogP contribution >= 0.6 is 0 Å². The van der Waals surface area contributed by atoms with Crippen molar-refractivity contribution < 1.29 is 4.79 Å². The molecule has 0 aliphatic rings. The Balaban J connectivity index is 1.42. The Hall–Kier alpha value is -4.20. The minimum atomic E-state index is -0.0187. The van der Waals surface area contributed by atoms with Crippen LogP contribution in [0, 0.1) is 0 Å². The lowest BCUT2D eigenvalue weighted by Crippen LogP contribution is -2.30. The Morgan fingerprint density at radius 2 is 1.97 bits per heavy atom. The Labute approximate surface area is 178 Å². The summed E-state index contributed by atoms with van der Waals surface area (Å²) in [5.41, 5.74) is 10.2. The van der Waals surface area contributed by atoms with Crippen molar-refractivity contribution in [1.29, 1.82) is 0 Å². The minimum absolute atomic E-state index is 0.0187. The van der Waals surface area contributed by atoms with E-state index in [2.05, 4.69) is 20.3 Å². The van der Waals surface area contributed by atoms with Crippen molar-refractivity contribution in [3.05, 3.63) is 72.6 Å². The van der Waals surface area contributed by atoms with E-state index >= 15 is 0 Å². The van der Waals surface area contributed by atoms with E-state index in [9.17, 15) is 4.79 Å². The molecule has 0 saturated carbocycles. The Bertz CT molecular complexity index is 1370. The summed E-state index contributed by atoms with van der Waals surface area (Å²) < 4.78 is 1.82. The number of H-pyrrole nitrogens is 1. The maximum Gasteiger partial charge on any atom is 0.253 e. The third-order valence-electron chi connectivity index (χ3n) is 5.36. The first kappa shape index (κ1) is 18.8. The van der Waals surface area contributed by atoms with Crippen molar-refractivity contribution in [3.63, 3.8) is 0 Å². The third kappa shape index (κ3) is 3.48. The number of aromatic amines is 1. The second-order valence-corrected chi connectivity index (χ2v) is 7.44. The first-order valence-electron chi connectivity index (χ1n) is 9.97. The van der Waals surface area contributed by atoms with E-state index in [4.69, 9.17) is 5.73 Å². The summed E-state index contributed by atoms with van der Waals surface area (Å²) in [5, 5.41) is 13.6. The van der Waals surface area contributed by atoms with Crippen LogP contribution < -0.4 is 5.73 Å². The van der Waals surface area contributed by atoms with Gasteiger partial charge < -0.3 is 10.6 Å². The van der Waals surface area contributed by atoms with Gasteiger partial charge in [-0.05, 0) is 24.3 Å². The molecule has 0 bridgehead atoms. The molecule has 1 amide bonds. The highest BCUT2D eigenvalue weighted by Gasteiger charge is 2.14. The molecule has 0 aliphatic carbocycles. The van der Waals surface area contributed by atoms with E-state index in [-0.39, 0.29) is 5.91 Å². The fourth-order valence-corrected chi connectivity index (χ4v) is 3.69. The molecule has 3 N–H and O–H groups in total. The average molecular weight is 411 g/mol. The van der Waals surface area contributed by atoms with Gasteiger partial charge in [0.2, 0.25) is 0 Å². The molecule has 3 aromatic heterocycles. The summed E-state index contributed by atoms with van der Waals surface area (Å²) in [6, 6.07) is 17.2. The largest absolute Gasteiger partial charge is 0.382 e. The zero-order valence-electron chi connectivity index (χ0n) is 17.0. The van der Waals surface area contributed by atoms with Crippen molar-refractivity contribution >= 4 is 33.5 Å². The first-order chi connectivity index (χ1) is 15.1. The summed E-state index contributed by atoms with van der Waals surface area (Å²) in [6.07, 6.45) is 3.75. The van der Waals surface area contributed by atoms with Gasteiger partial charge in [-0.3, -0.25) is 14.6 Å². The van der Waals surface area contributed by atoms with Gasteiger partial charge in [-0.2, -0.15) is 10.2 Å². The lowest BCUT2D eigenvalue weighted by atomic mass is 10.1. The van der Waals surface area contributed by atoms with Gasteiger partial charge in [-0.25, -0.2) is 4.98 Å².